The first kappa shape index (κ1) is 15.9. The van der Waals surface area contributed by atoms with Crippen molar-refractivity contribution in [3.8, 4) is 0 Å². The molecule has 0 aliphatic carbocycles. The molecule has 1 heterocycles. The zero-order chi connectivity index (χ0) is 15.9. The van der Waals surface area contributed by atoms with Gasteiger partial charge >= 0.3 is 0 Å². The van der Waals surface area contributed by atoms with Crippen LogP contribution in [0.15, 0.2) is 59.7 Å². The van der Waals surface area contributed by atoms with E-state index in [1.807, 2.05) is 12.1 Å². The number of halogens is 1. The van der Waals surface area contributed by atoms with E-state index in [1.165, 1.54) is 12.3 Å². The van der Waals surface area contributed by atoms with Gasteiger partial charge in [0.05, 0.1) is 0 Å². The van der Waals surface area contributed by atoms with Crippen molar-refractivity contribution in [1.82, 2.24) is 10.3 Å². The fourth-order valence-corrected chi connectivity index (χ4v) is 2.12. The molecule has 0 unspecified atom stereocenters. The second-order valence-corrected chi connectivity index (χ2v) is 5.31. The molecule has 0 spiro atoms. The van der Waals surface area contributed by atoms with E-state index in [1.54, 1.807) is 24.3 Å². The molecule has 2 N–H and O–H groups in total. The summed E-state index contributed by atoms with van der Waals surface area (Å²) in [6.07, 6.45) is 3.00. The smallest absolute Gasteiger partial charge is 0.270 e. The van der Waals surface area contributed by atoms with Crippen molar-refractivity contribution in [1.29, 1.82) is 0 Å². The van der Waals surface area contributed by atoms with Gasteiger partial charge in [0, 0.05) is 28.5 Å². The zero-order valence-electron chi connectivity index (χ0n) is 11.7. The van der Waals surface area contributed by atoms with Gasteiger partial charge in [-0.2, -0.15) is 0 Å². The van der Waals surface area contributed by atoms with Crippen LogP contribution in [0, 0.1) is 0 Å². The van der Waals surface area contributed by atoms with Gasteiger partial charge in [-0.15, -0.1) is 6.58 Å². The van der Waals surface area contributed by atoms with E-state index in [4.69, 9.17) is 0 Å². The minimum Gasteiger partial charge on any atom is -0.347 e. The van der Waals surface area contributed by atoms with Crippen LogP contribution in [-0.4, -0.2) is 23.3 Å². The SMILES string of the molecule is C=CCNC(=O)c1cc(C(=O)Nc2cccc(Br)c2)ccn1. The van der Waals surface area contributed by atoms with Crippen molar-refractivity contribution in [2.45, 2.75) is 0 Å². The van der Waals surface area contributed by atoms with Gasteiger partial charge in [-0.3, -0.25) is 14.6 Å². The Bertz CT molecular complexity index is 716. The lowest BCUT2D eigenvalue weighted by Crippen LogP contribution is -2.24. The third-order valence-electron chi connectivity index (χ3n) is 2.74. The maximum absolute atomic E-state index is 12.2. The molecule has 2 amide bonds. The largest absolute Gasteiger partial charge is 0.347 e. The number of amides is 2. The normalized spacial score (nSPS) is 9.86. The zero-order valence-corrected chi connectivity index (χ0v) is 13.3. The van der Waals surface area contributed by atoms with Crippen LogP contribution in [0.3, 0.4) is 0 Å². The molecule has 2 aromatic rings. The molecule has 112 valence electrons. The van der Waals surface area contributed by atoms with Crippen molar-refractivity contribution in [2.75, 3.05) is 11.9 Å². The van der Waals surface area contributed by atoms with E-state index < -0.39 is 0 Å². The van der Waals surface area contributed by atoms with Gasteiger partial charge < -0.3 is 10.6 Å². The van der Waals surface area contributed by atoms with Gasteiger partial charge in [-0.05, 0) is 30.3 Å². The highest BCUT2D eigenvalue weighted by Crippen LogP contribution is 2.16. The lowest BCUT2D eigenvalue weighted by Gasteiger charge is -2.07. The maximum atomic E-state index is 12.2. The first-order chi connectivity index (χ1) is 10.6. The Balaban J connectivity index is 2.13. The average Bonchev–Trinajstić information content (AvgIpc) is 2.52. The number of carbonyl (C=O) groups excluding carboxylic acids is 2. The molecule has 0 fully saturated rings. The van der Waals surface area contributed by atoms with Crippen LogP contribution in [0.4, 0.5) is 5.69 Å². The molecular formula is C16H14BrN3O2. The molecule has 6 heteroatoms. The molecule has 5 nitrogen and oxygen atoms in total. The van der Waals surface area contributed by atoms with E-state index in [-0.39, 0.29) is 17.5 Å². The van der Waals surface area contributed by atoms with Gasteiger partial charge in [0.15, 0.2) is 0 Å². The molecule has 0 saturated heterocycles. The van der Waals surface area contributed by atoms with E-state index in [0.29, 0.717) is 17.8 Å². The van der Waals surface area contributed by atoms with Crippen LogP contribution in [0.1, 0.15) is 20.8 Å². The molecule has 1 aromatic carbocycles. The molecule has 22 heavy (non-hydrogen) atoms. The fraction of sp³-hybridized carbons (Fsp3) is 0.0625. The molecule has 0 aliphatic rings. The van der Waals surface area contributed by atoms with E-state index >= 15 is 0 Å². The Kier molecular flexibility index (Phi) is 5.43. The maximum Gasteiger partial charge on any atom is 0.270 e. The Hall–Kier alpha value is -2.47. The second-order valence-electron chi connectivity index (χ2n) is 4.39. The predicted molar refractivity (Wildman–Crippen MR) is 88.9 cm³/mol. The summed E-state index contributed by atoms with van der Waals surface area (Å²) in [6.45, 7) is 3.87. The summed E-state index contributed by atoms with van der Waals surface area (Å²) in [7, 11) is 0. The monoisotopic (exact) mass is 359 g/mol. The van der Waals surface area contributed by atoms with Gasteiger partial charge in [-0.25, -0.2) is 0 Å². The summed E-state index contributed by atoms with van der Waals surface area (Å²) in [5, 5.41) is 5.38. The summed E-state index contributed by atoms with van der Waals surface area (Å²) in [5.41, 5.74) is 1.20. The lowest BCUT2D eigenvalue weighted by molar-refractivity contribution is 0.0953. The van der Waals surface area contributed by atoms with Gasteiger partial charge in [0.25, 0.3) is 11.8 Å². The quantitative estimate of drug-likeness (QED) is 0.806. The van der Waals surface area contributed by atoms with Crippen molar-refractivity contribution in [3.05, 3.63) is 71.0 Å². The van der Waals surface area contributed by atoms with Crippen LogP contribution in [0.5, 0.6) is 0 Å². The molecule has 1 aromatic heterocycles. The summed E-state index contributed by atoms with van der Waals surface area (Å²) in [5.74, 6) is -0.657. The summed E-state index contributed by atoms with van der Waals surface area (Å²) < 4.78 is 0.865. The van der Waals surface area contributed by atoms with Crippen LogP contribution in [0.25, 0.3) is 0 Å². The molecule has 0 aliphatic heterocycles. The summed E-state index contributed by atoms with van der Waals surface area (Å²) in [6, 6.07) is 10.3. The molecule has 0 bridgehead atoms. The number of anilines is 1. The Morgan fingerprint density at radius 2 is 2.05 bits per heavy atom. The van der Waals surface area contributed by atoms with Crippen molar-refractivity contribution in [3.63, 3.8) is 0 Å². The number of carbonyl (C=O) groups is 2. The van der Waals surface area contributed by atoms with E-state index in [0.717, 1.165) is 4.47 Å². The van der Waals surface area contributed by atoms with Gasteiger partial charge in [0.1, 0.15) is 5.69 Å². The van der Waals surface area contributed by atoms with Crippen LogP contribution >= 0.6 is 15.9 Å². The van der Waals surface area contributed by atoms with Gasteiger partial charge in [-0.1, -0.05) is 28.1 Å². The number of hydrogen-bond acceptors (Lipinski definition) is 3. The average molecular weight is 360 g/mol. The standard InChI is InChI=1S/C16H14BrN3O2/c1-2-7-19-16(22)14-9-11(6-8-18-14)15(21)20-13-5-3-4-12(17)10-13/h2-6,8-10H,1,7H2,(H,19,22)(H,20,21). The van der Waals surface area contributed by atoms with Gasteiger partial charge in [0.2, 0.25) is 0 Å². The first-order valence-corrected chi connectivity index (χ1v) is 7.31. The number of benzene rings is 1. The third kappa shape index (κ3) is 4.26. The number of pyridine rings is 1. The highest BCUT2D eigenvalue weighted by Gasteiger charge is 2.11. The van der Waals surface area contributed by atoms with E-state index in [9.17, 15) is 9.59 Å². The van der Waals surface area contributed by atoms with Crippen molar-refractivity contribution < 1.29 is 9.59 Å². The minimum absolute atomic E-state index is 0.184. The van der Waals surface area contributed by atoms with Crippen LogP contribution in [0.2, 0.25) is 0 Å². The number of hydrogen-bond donors (Lipinski definition) is 2. The van der Waals surface area contributed by atoms with Crippen molar-refractivity contribution in [2.24, 2.45) is 0 Å². The van der Waals surface area contributed by atoms with E-state index in [2.05, 4.69) is 38.1 Å². The highest BCUT2D eigenvalue weighted by atomic mass is 79.9. The highest BCUT2D eigenvalue weighted by molar-refractivity contribution is 9.10. The fourth-order valence-electron chi connectivity index (χ4n) is 1.72. The minimum atomic E-state index is -0.350. The molecule has 0 atom stereocenters. The molecule has 0 radical (unpaired) electrons. The summed E-state index contributed by atoms with van der Waals surface area (Å²) >= 11 is 3.34. The van der Waals surface area contributed by atoms with Crippen LogP contribution in [-0.2, 0) is 0 Å². The number of aromatic nitrogens is 1. The molecular weight excluding hydrogens is 346 g/mol. The van der Waals surface area contributed by atoms with Crippen LogP contribution < -0.4 is 10.6 Å². The molecule has 2 rings (SSSR count). The van der Waals surface area contributed by atoms with Crippen molar-refractivity contribution >= 4 is 33.4 Å². The predicted octanol–water partition coefficient (Wildman–Crippen LogP) is 3.01. The number of nitrogens with zero attached hydrogens (tertiary/aromatic N) is 1. The Labute approximate surface area is 136 Å². The Morgan fingerprint density at radius 3 is 2.77 bits per heavy atom. The molecule has 0 saturated carbocycles. The number of nitrogens with one attached hydrogen (secondary N) is 2. The number of rotatable bonds is 5. The summed E-state index contributed by atoms with van der Waals surface area (Å²) in [4.78, 5) is 28.0. The third-order valence-corrected chi connectivity index (χ3v) is 3.24. The lowest BCUT2D eigenvalue weighted by atomic mass is 10.2. The first-order valence-electron chi connectivity index (χ1n) is 6.52. The Morgan fingerprint density at radius 1 is 1.23 bits per heavy atom. The topological polar surface area (TPSA) is 71.1 Å². The second kappa shape index (κ2) is 7.51.